The first-order chi connectivity index (χ1) is 11.4. The number of likely N-dealkylation sites (tertiary alicyclic amines) is 1. The van der Waals surface area contributed by atoms with Gasteiger partial charge in [0.1, 0.15) is 0 Å². The summed E-state index contributed by atoms with van der Waals surface area (Å²) in [6.45, 7) is 8.10. The number of amides is 1. The van der Waals surface area contributed by atoms with Gasteiger partial charge in [-0.1, -0.05) is 12.8 Å². The average molecular weight is 354 g/mol. The number of fused-ring (bicyclic) bond motifs is 1. The molecular weight excluding hydrogens is 318 g/mol. The molecular formula is C19H35N3OS. The van der Waals surface area contributed by atoms with Gasteiger partial charge < -0.3 is 15.5 Å². The molecule has 1 aliphatic heterocycles. The highest BCUT2D eigenvalue weighted by Crippen LogP contribution is 2.35. The maximum absolute atomic E-state index is 12.6. The molecule has 1 heterocycles. The van der Waals surface area contributed by atoms with Gasteiger partial charge in [-0.3, -0.25) is 4.79 Å². The first kappa shape index (κ1) is 19.5. The van der Waals surface area contributed by atoms with E-state index in [9.17, 15) is 4.79 Å². The molecule has 0 spiro atoms. The lowest BCUT2D eigenvalue weighted by Crippen LogP contribution is -2.49. The molecule has 2 N–H and O–H groups in total. The molecule has 0 aromatic rings. The van der Waals surface area contributed by atoms with Crippen LogP contribution in [0, 0.1) is 5.92 Å². The number of nitrogens with one attached hydrogen (secondary N) is 2. The van der Waals surface area contributed by atoms with Crippen LogP contribution in [0.2, 0.25) is 0 Å². The predicted molar refractivity (Wildman–Crippen MR) is 104 cm³/mol. The minimum atomic E-state index is -0.00908. The molecule has 5 heteroatoms. The van der Waals surface area contributed by atoms with Crippen molar-refractivity contribution in [2.24, 2.45) is 5.92 Å². The molecule has 2 unspecified atom stereocenters. The molecule has 1 saturated heterocycles. The predicted octanol–water partition coefficient (Wildman–Crippen LogP) is 3.60. The van der Waals surface area contributed by atoms with Crippen LogP contribution in [0.25, 0.3) is 0 Å². The monoisotopic (exact) mass is 353 g/mol. The molecule has 2 aliphatic rings. The van der Waals surface area contributed by atoms with Crippen LogP contribution in [0.15, 0.2) is 0 Å². The second kappa shape index (κ2) is 9.02. The molecule has 24 heavy (non-hydrogen) atoms. The summed E-state index contributed by atoms with van der Waals surface area (Å²) >= 11 is 5.27. The lowest BCUT2D eigenvalue weighted by molar-refractivity contribution is -0.137. The van der Waals surface area contributed by atoms with E-state index < -0.39 is 0 Å². The zero-order chi connectivity index (χ0) is 17.6. The Morgan fingerprint density at radius 3 is 2.58 bits per heavy atom. The van der Waals surface area contributed by atoms with Crippen molar-refractivity contribution < 1.29 is 4.79 Å². The summed E-state index contributed by atoms with van der Waals surface area (Å²) in [6.07, 6.45) is 10.4. The zero-order valence-corrected chi connectivity index (χ0v) is 16.5. The molecule has 1 amide bonds. The Hall–Kier alpha value is -0.840. The molecule has 4 nitrogen and oxygen atoms in total. The van der Waals surface area contributed by atoms with Gasteiger partial charge in [-0.15, -0.1) is 0 Å². The van der Waals surface area contributed by atoms with Crippen LogP contribution in [0.3, 0.4) is 0 Å². The maximum Gasteiger partial charge on any atom is 0.222 e. The van der Waals surface area contributed by atoms with Gasteiger partial charge in [0.15, 0.2) is 5.11 Å². The Morgan fingerprint density at radius 2 is 1.83 bits per heavy atom. The molecule has 1 saturated carbocycles. The summed E-state index contributed by atoms with van der Waals surface area (Å²) in [7, 11) is 0. The number of hydrogen-bond acceptors (Lipinski definition) is 2. The SMILES string of the molecule is CC(C)(C)NC(=S)NCCCCC(=O)N1CCCC2CCCCC21. The highest BCUT2D eigenvalue weighted by molar-refractivity contribution is 7.80. The van der Waals surface area contributed by atoms with Gasteiger partial charge in [0.2, 0.25) is 5.91 Å². The van der Waals surface area contributed by atoms with E-state index >= 15 is 0 Å². The van der Waals surface area contributed by atoms with Crippen LogP contribution < -0.4 is 10.6 Å². The lowest BCUT2D eigenvalue weighted by atomic mass is 9.78. The third-order valence-electron chi connectivity index (χ3n) is 5.16. The van der Waals surface area contributed by atoms with Crippen LogP contribution in [0.5, 0.6) is 0 Å². The quantitative estimate of drug-likeness (QED) is 0.585. The Morgan fingerprint density at radius 1 is 1.12 bits per heavy atom. The van der Waals surface area contributed by atoms with Crippen LogP contribution in [0.4, 0.5) is 0 Å². The van der Waals surface area contributed by atoms with Gasteiger partial charge in [-0.2, -0.15) is 0 Å². The molecule has 2 atom stereocenters. The van der Waals surface area contributed by atoms with Gasteiger partial charge in [0, 0.05) is 31.1 Å². The van der Waals surface area contributed by atoms with E-state index in [0.29, 0.717) is 23.5 Å². The van der Waals surface area contributed by atoms with Gasteiger partial charge in [0.05, 0.1) is 0 Å². The number of hydrogen-bond donors (Lipinski definition) is 2. The van der Waals surface area contributed by atoms with Gasteiger partial charge in [0.25, 0.3) is 0 Å². The fourth-order valence-corrected chi connectivity index (χ4v) is 4.47. The summed E-state index contributed by atoms with van der Waals surface area (Å²) in [6, 6.07) is 0.543. The fraction of sp³-hybridized carbons (Fsp3) is 0.895. The van der Waals surface area contributed by atoms with Crippen molar-refractivity contribution in [3.63, 3.8) is 0 Å². The molecule has 0 radical (unpaired) electrons. The van der Waals surface area contributed by atoms with E-state index in [-0.39, 0.29) is 5.54 Å². The van der Waals surface area contributed by atoms with Crippen LogP contribution >= 0.6 is 12.2 Å². The van der Waals surface area contributed by atoms with Gasteiger partial charge >= 0.3 is 0 Å². The molecule has 0 aromatic carbocycles. The van der Waals surface area contributed by atoms with E-state index in [4.69, 9.17) is 12.2 Å². The largest absolute Gasteiger partial charge is 0.363 e. The summed E-state index contributed by atoms with van der Waals surface area (Å²) in [5, 5.41) is 7.18. The van der Waals surface area contributed by atoms with E-state index in [0.717, 1.165) is 31.8 Å². The van der Waals surface area contributed by atoms with Gasteiger partial charge in [-0.05, 0) is 77.4 Å². The van der Waals surface area contributed by atoms with E-state index in [2.05, 4.69) is 36.3 Å². The minimum Gasteiger partial charge on any atom is -0.363 e. The molecule has 1 aliphatic carbocycles. The fourth-order valence-electron chi connectivity index (χ4n) is 4.07. The maximum atomic E-state index is 12.6. The number of thiocarbonyl (C=S) groups is 1. The zero-order valence-electron chi connectivity index (χ0n) is 15.7. The number of piperidine rings is 1. The standard InChI is InChI=1S/C19H35N3OS/c1-19(2,3)21-18(24)20-13-7-6-12-17(23)22-14-8-10-15-9-4-5-11-16(15)22/h15-16H,4-14H2,1-3H3,(H2,20,21,24). The lowest BCUT2D eigenvalue weighted by Gasteiger charge is -2.44. The van der Waals surface area contributed by atoms with Crippen molar-refractivity contribution in [2.45, 2.75) is 90.1 Å². The first-order valence-corrected chi connectivity index (χ1v) is 10.1. The van der Waals surface area contributed by atoms with Crippen molar-refractivity contribution in [2.75, 3.05) is 13.1 Å². The minimum absolute atomic E-state index is 0.00908. The Kier molecular flexibility index (Phi) is 7.33. The van der Waals surface area contributed by atoms with Crippen molar-refractivity contribution in [1.29, 1.82) is 0 Å². The number of carbonyl (C=O) groups excluding carboxylic acids is 1. The summed E-state index contributed by atoms with van der Waals surface area (Å²) in [5.74, 6) is 1.15. The number of nitrogens with zero attached hydrogens (tertiary/aromatic N) is 1. The average Bonchev–Trinajstić information content (AvgIpc) is 2.52. The normalized spacial score (nSPS) is 24.2. The third kappa shape index (κ3) is 6.23. The van der Waals surface area contributed by atoms with Crippen LogP contribution in [-0.2, 0) is 4.79 Å². The topological polar surface area (TPSA) is 44.4 Å². The van der Waals surface area contributed by atoms with Crippen molar-refractivity contribution >= 4 is 23.2 Å². The van der Waals surface area contributed by atoms with Crippen molar-refractivity contribution in [3.05, 3.63) is 0 Å². The van der Waals surface area contributed by atoms with E-state index in [1.54, 1.807) is 0 Å². The highest BCUT2D eigenvalue weighted by Gasteiger charge is 2.35. The van der Waals surface area contributed by atoms with E-state index in [1.807, 2.05) is 0 Å². The summed E-state index contributed by atoms with van der Waals surface area (Å²) < 4.78 is 0. The molecule has 2 rings (SSSR count). The molecule has 0 aromatic heterocycles. The number of rotatable bonds is 5. The Labute approximate surface area is 153 Å². The smallest absolute Gasteiger partial charge is 0.222 e. The molecule has 2 fully saturated rings. The molecule has 138 valence electrons. The Bertz CT molecular complexity index is 431. The second-order valence-corrected chi connectivity index (χ2v) is 8.84. The highest BCUT2D eigenvalue weighted by atomic mass is 32.1. The Balaban J connectivity index is 1.63. The van der Waals surface area contributed by atoms with E-state index in [1.165, 1.54) is 38.5 Å². The number of carbonyl (C=O) groups is 1. The van der Waals surface area contributed by atoms with Crippen molar-refractivity contribution in [3.8, 4) is 0 Å². The second-order valence-electron chi connectivity index (χ2n) is 8.43. The van der Waals surface area contributed by atoms with Gasteiger partial charge in [-0.25, -0.2) is 0 Å². The first-order valence-electron chi connectivity index (χ1n) is 9.72. The van der Waals surface area contributed by atoms with Crippen molar-refractivity contribution in [1.82, 2.24) is 15.5 Å². The number of unbranched alkanes of at least 4 members (excludes halogenated alkanes) is 1. The summed E-state index contributed by atoms with van der Waals surface area (Å²) in [4.78, 5) is 14.8. The summed E-state index contributed by atoms with van der Waals surface area (Å²) in [5.41, 5.74) is -0.00908. The third-order valence-corrected chi connectivity index (χ3v) is 5.40. The molecule has 0 bridgehead atoms. The van der Waals surface area contributed by atoms with Crippen LogP contribution in [-0.4, -0.2) is 40.6 Å². The van der Waals surface area contributed by atoms with Crippen LogP contribution in [0.1, 0.15) is 78.6 Å².